The number of rotatable bonds is 5. The SMILES string of the molecule is COc1ccc(C2=NOC(Cc3cc4ccccc4cc3OC)C2)cc1. The van der Waals surface area contributed by atoms with Crippen molar-refractivity contribution in [1.29, 1.82) is 0 Å². The predicted molar refractivity (Wildman–Crippen MR) is 103 cm³/mol. The Labute approximate surface area is 153 Å². The maximum Gasteiger partial charge on any atom is 0.137 e. The first-order chi connectivity index (χ1) is 12.8. The molecule has 1 aliphatic rings. The summed E-state index contributed by atoms with van der Waals surface area (Å²) in [6.45, 7) is 0. The lowest BCUT2D eigenvalue weighted by Crippen LogP contribution is -2.12. The molecule has 132 valence electrons. The molecule has 3 aromatic rings. The summed E-state index contributed by atoms with van der Waals surface area (Å²) in [6, 6.07) is 20.5. The number of methoxy groups -OCH3 is 2. The summed E-state index contributed by atoms with van der Waals surface area (Å²) >= 11 is 0. The van der Waals surface area contributed by atoms with Gasteiger partial charge in [-0.3, -0.25) is 0 Å². The van der Waals surface area contributed by atoms with Crippen molar-refractivity contribution in [2.24, 2.45) is 5.16 Å². The predicted octanol–water partition coefficient (Wildman–Crippen LogP) is 4.59. The second-order valence-corrected chi connectivity index (χ2v) is 6.41. The van der Waals surface area contributed by atoms with E-state index in [2.05, 4.69) is 35.5 Å². The number of oxime groups is 1. The van der Waals surface area contributed by atoms with Crippen molar-refractivity contribution >= 4 is 16.5 Å². The van der Waals surface area contributed by atoms with Crippen LogP contribution in [0.1, 0.15) is 17.5 Å². The van der Waals surface area contributed by atoms with Gasteiger partial charge in [-0.1, -0.05) is 29.4 Å². The standard InChI is InChI=1S/C22H21NO3/c1-24-19-9-7-15(8-10-19)21-14-20(26-23-21)12-18-11-16-5-3-4-6-17(16)13-22(18)25-2/h3-11,13,20H,12,14H2,1-2H3. The fourth-order valence-electron chi connectivity index (χ4n) is 3.35. The third kappa shape index (κ3) is 3.23. The van der Waals surface area contributed by atoms with E-state index in [0.717, 1.165) is 41.2 Å². The summed E-state index contributed by atoms with van der Waals surface area (Å²) in [5, 5.41) is 6.67. The van der Waals surface area contributed by atoms with Crippen molar-refractivity contribution in [3.8, 4) is 11.5 Å². The maximum atomic E-state index is 5.69. The van der Waals surface area contributed by atoms with Crippen LogP contribution in [0.2, 0.25) is 0 Å². The number of nitrogens with zero attached hydrogens (tertiary/aromatic N) is 1. The van der Waals surface area contributed by atoms with Crippen molar-refractivity contribution < 1.29 is 14.3 Å². The van der Waals surface area contributed by atoms with Gasteiger partial charge in [0.2, 0.25) is 0 Å². The Kier molecular flexibility index (Phi) is 4.48. The number of benzene rings is 3. The fourth-order valence-corrected chi connectivity index (χ4v) is 3.35. The van der Waals surface area contributed by atoms with Crippen molar-refractivity contribution in [1.82, 2.24) is 0 Å². The van der Waals surface area contributed by atoms with Gasteiger partial charge in [0.05, 0.1) is 19.9 Å². The molecule has 0 saturated carbocycles. The minimum atomic E-state index is 0.0159. The summed E-state index contributed by atoms with van der Waals surface area (Å²) in [6.07, 6.45) is 1.56. The third-order valence-electron chi connectivity index (χ3n) is 4.75. The van der Waals surface area contributed by atoms with E-state index in [0.29, 0.717) is 0 Å². The first-order valence-electron chi connectivity index (χ1n) is 8.69. The minimum Gasteiger partial charge on any atom is -0.497 e. The molecule has 0 aliphatic carbocycles. The second-order valence-electron chi connectivity index (χ2n) is 6.41. The van der Waals surface area contributed by atoms with Gasteiger partial charge in [-0.25, -0.2) is 0 Å². The zero-order chi connectivity index (χ0) is 17.9. The topological polar surface area (TPSA) is 40.0 Å². The quantitative estimate of drug-likeness (QED) is 0.677. The summed E-state index contributed by atoms with van der Waals surface area (Å²) in [5.74, 6) is 1.73. The van der Waals surface area contributed by atoms with Crippen LogP contribution in [0.4, 0.5) is 0 Å². The highest BCUT2D eigenvalue weighted by atomic mass is 16.6. The van der Waals surface area contributed by atoms with Gasteiger partial charge in [-0.15, -0.1) is 0 Å². The van der Waals surface area contributed by atoms with Crippen LogP contribution in [-0.4, -0.2) is 26.0 Å². The van der Waals surface area contributed by atoms with E-state index in [-0.39, 0.29) is 6.10 Å². The zero-order valence-corrected chi connectivity index (χ0v) is 14.9. The van der Waals surface area contributed by atoms with Gasteiger partial charge >= 0.3 is 0 Å². The van der Waals surface area contributed by atoms with Crippen molar-refractivity contribution in [3.63, 3.8) is 0 Å². The van der Waals surface area contributed by atoms with Crippen LogP contribution in [0.15, 0.2) is 65.8 Å². The van der Waals surface area contributed by atoms with Crippen molar-refractivity contribution in [3.05, 3.63) is 71.8 Å². The Balaban J connectivity index is 1.51. The van der Waals surface area contributed by atoms with Crippen LogP contribution in [0, 0.1) is 0 Å². The van der Waals surface area contributed by atoms with E-state index in [1.54, 1.807) is 14.2 Å². The van der Waals surface area contributed by atoms with Crippen molar-refractivity contribution in [2.45, 2.75) is 18.9 Å². The van der Waals surface area contributed by atoms with Crippen LogP contribution in [-0.2, 0) is 11.3 Å². The largest absolute Gasteiger partial charge is 0.497 e. The molecule has 1 atom stereocenters. The van der Waals surface area contributed by atoms with E-state index in [4.69, 9.17) is 14.3 Å². The molecule has 0 amide bonds. The van der Waals surface area contributed by atoms with Crippen LogP contribution in [0.3, 0.4) is 0 Å². The molecule has 0 saturated heterocycles. The van der Waals surface area contributed by atoms with Gasteiger partial charge in [0, 0.05) is 12.8 Å². The molecule has 1 aliphatic heterocycles. The molecule has 4 heteroatoms. The van der Waals surface area contributed by atoms with E-state index in [1.165, 1.54) is 10.8 Å². The Morgan fingerprint density at radius 2 is 1.69 bits per heavy atom. The van der Waals surface area contributed by atoms with Crippen molar-refractivity contribution in [2.75, 3.05) is 14.2 Å². The lowest BCUT2D eigenvalue weighted by Gasteiger charge is -2.13. The van der Waals surface area contributed by atoms with Crippen LogP contribution >= 0.6 is 0 Å². The number of hydrogen-bond acceptors (Lipinski definition) is 4. The summed E-state index contributed by atoms with van der Waals surface area (Å²) in [4.78, 5) is 5.69. The molecule has 1 unspecified atom stereocenters. The molecule has 0 spiro atoms. The lowest BCUT2D eigenvalue weighted by molar-refractivity contribution is 0.0854. The second kappa shape index (κ2) is 7.08. The van der Waals surface area contributed by atoms with Gasteiger partial charge in [-0.2, -0.15) is 0 Å². The zero-order valence-electron chi connectivity index (χ0n) is 14.9. The number of ether oxygens (including phenoxy) is 2. The van der Waals surface area contributed by atoms with Gasteiger partial charge in [-0.05, 0) is 58.3 Å². The van der Waals surface area contributed by atoms with Crippen LogP contribution < -0.4 is 9.47 Å². The molecule has 0 N–H and O–H groups in total. The van der Waals surface area contributed by atoms with E-state index < -0.39 is 0 Å². The normalized spacial score (nSPS) is 16.2. The molecule has 0 fully saturated rings. The van der Waals surface area contributed by atoms with Crippen LogP contribution in [0.25, 0.3) is 10.8 Å². The summed E-state index contributed by atoms with van der Waals surface area (Å²) < 4.78 is 10.8. The lowest BCUT2D eigenvalue weighted by atomic mass is 9.97. The summed E-state index contributed by atoms with van der Waals surface area (Å²) in [5.41, 5.74) is 3.18. The average Bonchev–Trinajstić information content (AvgIpc) is 3.16. The number of hydrogen-bond donors (Lipinski definition) is 0. The highest BCUT2D eigenvalue weighted by Gasteiger charge is 2.24. The Morgan fingerprint density at radius 3 is 2.38 bits per heavy atom. The smallest absolute Gasteiger partial charge is 0.137 e. The van der Waals surface area contributed by atoms with Gasteiger partial charge in [0.1, 0.15) is 17.6 Å². The fraction of sp³-hybridized carbons (Fsp3) is 0.227. The van der Waals surface area contributed by atoms with Crippen LogP contribution in [0.5, 0.6) is 11.5 Å². The number of fused-ring (bicyclic) bond motifs is 1. The maximum absolute atomic E-state index is 5.69. The Morgan fingerprint density at radius 1 is 0.962 bits per heavy atom. The molecule has 0 radical (unpaired) electrons. The summed E-state index contributed by atoms with van der Waals surface area (Å²) in [7, 11) is 3.38. The van der Waals surface area contributed by atoms with Gasteiger partial charge in [0.25, 0.3) is 0 Å². The molecule has 26 heavy (non-hydrogen) atoms. The molecule has 4 nitrogen and oxygen atoms in total. The first kappa shape index (κ1) is 16.5. The molecule has 3 aromatic carbocycles. The van der Waals surface area contributed by atoms with E-state index in [9.17, 15) is 0 Å². The Bertz CT molecular complexity index is 947. The third-order valence-corrected chi connectivity index (χ3v) is 4.75. The monoisotopic (exact) mass is 347 g/mol. The average molecular weight is 347 g/mol. The molecular weight excluding hydrogens is 326 g/mol. The highest BCUT2D eigenvalue weighted by Crippen LogP contribution is 2.29. The highest BCUT2D eigenvalue weighted by molar-refractivity contribution is 6.01. The van der Waals surface area contributed by atoms with E-state index in [1.807, 2.05) is 30.3 Å². The van der Waals surface area contributed by atoms with Gasteiger partial charge in [0.15, 0.2) is 0 Å². The minimum absolute atomic E-state index is 0.0159. The molecule has 0 aromatic heterocycles. The first-order valence-corrected chi connectivity index (χ1v) is 8.69. The molecular formula is C22H21NO3. The molecule has 4 rings (SSSR count). The molecule has 1 heterocycles. The molecule has 0 bridgehead atoms. The Hall–Kier alpha value is -3.01. The van der Waals surface area contributed by atoms with E-state index >= 15 is 0 Å². The van der Waals surface area contributed by atoms with Gasteiger partial charge < -0.3 is 14.3 Å².